The van der Waals surface area contributed by atoms with Gasteiger partial charge in [0, 0.05) is 19.6 Å². The van der Waals surface area contributed by atoms with E-state index in [1.165, 1.54) is 24.8 Å². The van der Waals surface area contributed by atoms with E-state index in [1.54, 1.807) is 0 Å². The standard InChI is InChI=1S/C16H26N2O/c1-3-5-6-10-13-18(16(19)17-4-2)14-15-11-8-7-9-12-15/h7-9,11-12H,3-6,10,13-14H2,1-2H3,(H,17,19). The van der Waals surface area contributed by atoms with Gasteiger partial charge in [-0.05, 0) is 18.9 Å². The molecule has 0 fully saturated rings. The van der Waals surface area contributed by atoms with Crippen molar-refractivity contribution in [3.05, 3.63) is 35.9 Å². The Hall–Kier alpha value is -1.51. The first-order valence-electron chi connectivity index (χ1n) is 7.34. The van der Waals surface area contributed by atoms with Crippen molar-refractivity contribution in [1.29, 1.82) is 0 Å². The Morgan fingerprint density at radius 1 is 1.11 bits per heavy atom. The maximum absolute atomic E-state index is 12.0. The number of unbranched alkanes of at least 4 members (excludes halogenated alkanes) is 3. The van der Waals surface area contributed by atoms with Gasteiger partial charge in [0.05, 0.1) is 0 Å². The quantitative estimate of drug-likeness (QED) is 0.710. The Morgan fingerprint density at radius 3 is 2.47 bits per heavy atom. The SMILES string of the molecule is CCCCCCN(Cc1ccccc1)C(=O)NCC. The lowest BCUT2D eigenvalue weighted by Gasteiger charge is -2.23. The Balaban J connectivity index is 2.51. The fourth-order valence-electron chi connectivity index (χ4n) is 2.05. The smallest absolute Gasteiger partial charge is 0.317 e. The van der Waals surface area contributed by atoms with Crippen molar-refractivity contribution >= 4 is 6.03 Å². The number of nitrogens with zero attached hydrogens (tertiary/aromatic N) is 1. The molecule has 0 atom stereocenters. The molecule has 0 saturated heterocycles. The third kappa shape index (κ3) is 6.27. The average molecular weight is 262 g/mol. The number of carbonyl (C=O) groups is 1. The lowest BCUT2D eigenvalue weighted by Crippen LogP contribution is -2.39. The van der Waals surface area contributed by atoms with Crippen LogP contribution in [0.15, 0.2) is 30.3 Å². The van der Waals surface area contributed by atoms with Gasteiger partial charge in [0.25, 0.3) is 0 Å². The molecule has 3 heteroatoms. The first-order chi connectivity index (χ1) is 9.27. The molecule has 1 aromatic carbocycles. The van der Waals surface area contributed by atoms with Crippen molar-refractivity contribution in [1.82, 2.24) is 10.2 Å². The molecule has 1 aromatic rings. The van der Waals surface area contributed by atoms with Gasteiger partial charge in [0.15, 0.2) is 0 Å². The second-order valence-electron chi connectivity index (χ2n) is 4.80. The fraction of sp³-hybridized carbons (Fsp3) is 0.562. The average Bonchev–Trinajstić information content (AvgIpc) is 2.43. The monoisotopic (exact) mass is 262 g/mol. The zero-order valence-corrected chi connectivity index (χ0v) is 12.2. The summed E-state index contributed by atoms with van der Waals surface area (Å²) >= 11 is 0. The van der Waals surface area contributed by atoms with Gasteiger partial charge in [0.2, 0.25) is 0 Å². The van der Waals surface area contributed by atoms with Crippen molar-refractivity contribution in [2.45, 2.75) is 46.1 Å². The van der Waals surface area contributed by atoms with E-state index in [0.29, 0.717) is 13.1 Å². The summed E-state index contributed by atoms with van der Waals surface area (Å²) in [6.45, 7) is 6.36. The molecule has 1 N–H and O–H groups in total. The number of hydrogen-bond donors (Lipinski definition) is 1. The lowest BCUT2D eigenvalue weighted by molar-refractivity contribution is 0.194. The van der Waals surface area contributed by atoms with E-state index in [9.17, 15) is 4.79 Å². The predicted octanol–water partition coefficient (Wildman–Crippen LogP) is 3.80. The third-order valence-corrected chi connectivity index (χ3v) is 3.11. The highest BCUT2D eigenvalue weighted by molar-refractivity contribution is 5.74. The Kier molecular flexibility index (Phi) is 7.71. The van der Waals surface area contributed by atoms with Gasteiger partial charge in [-0.15, -0.1) is 0 Å². The number of urea groups is 1. The molecule has 0 aromatic heterocycles. The number of rotatable bonds is 8. The summed E-state index contributed by atoms with van der Waals surface area (Å²) in [6, 6.07) is 10.2. The number of hydrogen-bond acceptors (Lipinski definition) is 1. The van der Waals surface area contributed by atoms with Crippen LogP contribution in [0.1, 0.15) is 45.1 Å². The molecule has 0 saturated carbocycles. The van der Waals surface area contributed by atoms with Gasteiger partial charge in [-0.1, -0.05) is 56.5 Å². The Morgan fingerprint density at radius 2 is 1.84 bits per heavy atom. The van der Waals surface area contributed by atoms with E-state index in [4.69, 9.17) is 0 Å². The summed E-state index contributed by atoms with van der Waals surface area (Å²) in [7, 11) is 0. The van der Waals surface area contributed by atoms with Gasteiger partial charge in [-0.25, -0.2) is 4.79 Å². The molecule has 0 spiro atoms. The van der Waals surface area contributed by atoms with E-state index in [0.717, 1.165) is 13.0 Å². The number of benzene rings is 1. The van der Waals surface area contributed by atoms with Crippen molar-refractivity contribution < 1.29 is 4.79 Å². The van der Waals surface area contributed by atoms with Crippen LogP contribution in [0.5, 0.6) is 0 Å². The topological polar surface area (TPSA) is 32.3 Å². The first kappa shape index (κ1) is 15.5. The molecule has 0 unspecified atom stereocenters. The second kappa shape index (κ2) is 9.42. The highest BCUT2D eigenvalue weighted by Crippen LogP contribution is 2.07. The summed E-state index contributed by atoms with van der Waals surface area (Å²) < 4.78 is 0. The van der Waals surface area contributed by atoms with Crippen LogP contribution in [0.2, 0.25) is 0 Å². The molecule has 3 nitrogen and oxygen atoms in total. The summed E-state index contributed by atoms with van der Waals surface area (Å²) in [5.74, 6) is 0. The maximum atomic E-state index is 12.0. The summed E-state index contributed by atoms with van der Waals surface area (Å²) in [4.78, 5) is 13.9. The van der Waals surface area contributed by atoms with Crippen molar-refractivity contribution in [2.24, 2.45) is 0 Å². The molecule has 0 aliphatic heterocycles. The zero-order valence-electron chi connectivity index (χ0n) is 12.2. The number of nitrogens with one attached hydrogen (secondary N) is 1. The van der Waals surface area contributed by atoms with E-state index >= 15 is 0 Å². The van der Waals surface area contributed by atoms with Gasteiger partial charge < -0.3 is 10.2 Å². The van der Waals surface area contributed by atoms with Gasteiger partial charge in [0.1, 0.15) is 0 Å². The molecule has 106 valence electrons. The summed E-state index contributed by atoms with van der Waals surface area (Å²) in [6.07, 6.45) is 4.74. The van der Waals surface area contributed by atoms with Crippen LogP contribution < -0.4 is 5.32 Å². The van der Waals surface area contributed by atoms with Crippen LogP contribution in [0.25, 0.3) is 0 Å². The van der Waals surface area contributed by atoms with Crippen LogP contribution in [-0.2, 0) is 6.54 Å². The van der Waals surface area contributed by atoms with E-state index in [1.807, 2.05) is 30.0 Å². The molecule has 0 aliphatic rings. The van der Waals surface area contributed by atoms with E-state index < -0.39 is 0 Å². The highest BCUT2D eigenvalue weighted by atomic mass is 16.2. The van der Waals surface area contributed by atoms with Crippen LogP contribution in [-0.4, -0.2) is 24.0 Å². The molecule has 1 rings (SSSR count). The number of carbonyl (C=O) groups excluding carboxylic acids is 1. The largest absolute Gasteiger partial charge is 0.338 e. The zero-order chi connectivity index (χ0) is 13.9. The van der Waals surface area contributed by atoms with Crippen LogP contribution in [0.4, 0.5) is 4.79 Å². The number of amides is 2. The minimum absolute atomic E-state index is 0.0443. The molecular weight excluding hydrogens is 236 g/mol. The molecule has 0 bridgehead atoms. The molecule has 19 heavy (non-hydrogen) atoms. The van der Waals surface area contributed by atoms with E-state index in [2.05, 4.69) is 24.4 Å². The molecular formula is C16H26N2O. The van der Waals surface area contributed by atoms with E-state index in [-0.39, 0.29) is 6.03 Å². The third-order valence-electron chi connectivity index (χ3n) is 3.11. The first-order valence-corrected chi connectivity index (χ1v) is 7.34. The van der Waals surface area contributed by atoms with Crippen molar-refractivity contribution in [3.8, 4) is 0 Å². The van der Waals surface area contributed by atoms with Crippen molar-refractivity contribution in [2.75, 3.05) is 13.1 Å². The Labute approximate surface area is 117 Å². The highest BCUT2D eigenvalue weighted by Gasteiger charge is 2.12. The predicted molar refractivity (Wildman–Crippen MR) is 80.1 cm³/mol. The molecule has 2 amide bonds. The van der Waals surface area contributed by atoms with Gasteiger partial charge in [-0.3, -0.25) is 0 Å². The summed E-state index contributed by atoms with van der Waals surface area (Å²) in [5.41, 5.74) is 1.18. The minimum atomic E-state index is 0.0443. The second-order valence-corrected chi connectivity index (χ2v) is 4.80. The maximum Gasteiger partial charge on any atom is 0.317 e. The minimum Gasteiger partial charge on any atom is -0.338 e. The summed E-state index contributed by atoms with van der Waals surface area (Å²) in [5, 5.41) is 2.89. The molecule has 0 radical (unpaired) electrons. The molecule has 0 aliphatic carbocycles. The van der Waals surface area contributed by atoms with Crippen molar-refractivity contribution in [3.63, 3.8) is 0 Å². The normalized spacial score (nSPS) is 10.2. The van der Waals surface area contributed by atoms with Crippen LogP contribution in [0.3, 0.4) is 0 Å². The van der Waals surface area contributed by atoms with Gasteiger partial charge in [-0.2, -0.15) is 0 Å². The van der Waals surface area contributed by atoms with Crippen LogP contribution >= 0.6 is 0 Å². The van der Waals surface area contributed by atoms with Crippen LogP contribution in [0, 0.1) is 0 Å². The fourth-order valence-corrected chi connectivity index (χ4v) is 2.05. The lowest BCUT2D eigenvalue weighted by atomic mass is 10.2. The Bertz CT molecular complexity index is 351. The van der Waals surface area contributed by atoms with Gasteiger partial charge >= 0.3 is 6.03 Å². The molecule has 0 heterocycles.